The summed E-state index contributed by atoms with van der Waals surface area (Å²) in [7, 11) is 2.16. The molecule has 0 spiro atoms. The normalized spacial score (nSPS) is 20.1. The van der Waals surface area contributed by atoms with Gasteiger partial charge in [-0.3, -0.25) is 9.69 Å². The Labute approximate surface area is 160 Å². The Hall–Kier alpha value is -2.47. The maximum atomic E-state index is 12.8. The molecule has 27 heavy (non-hydrogen) atoms. The zero-order valence-corrected chi connectivity index (χ0v) is 16.6. The van der Waals surface area contributed by atoms with E-state index in [2.05, 4.69) is 55.2 Å². The van der Waals surface area contributed by atoms with Gasteiger partial charge in [-0.05, 0) is 45.4 Å². The number of nitrogens with zero attached hydrogens (tertiary/aromatic N) is 4. The van der Waals surface area contributed by atoms with Crippen LogP contribution >= 0.6 is 0 Å². The van der Waals surface area contributed by atoms with E-state index >= 15 is 0 Å². The standard InChI is InChI=1S/C21H28N4O2/c1-15-6-5-7-18(12-15)14-23(4)19-8-10-24(16(2)13-19)21(27)25-11-9-20(22-25)17(3)26/h5-7,9,11-12,16,19H,8,10,13-14H2,1-4H3/t16-,19+/m1/s1. The fourth-order valence-corrected chi connectivity index (χ4v) is 3.81. The highest BCUT2D eigenvalue weighted by Crippen LogP contribution is 2.23. The molecule has 144 valence electrons. The Balaban J connectivity index is 1.61. The molecule has 0 saturated carbocycles. The fourth-order valence-electron chi connectivity index (χ4n) is 3.81. The summed E-state index contributed by atoms with van der Waals surface area (Å²) in [4.78, 5) is 28.4. The van der Waals surface area contributed by atoms with Gasteiger partial charge in [0.2, 0.25) is 0 Å². The molecule has 0 bridgehead atoms. The zero-order chi connectivity index (χ0) is 19.6. The van der Waals surface area contributed by atoms with Crippen LogP contribution in [0.2, 0.25) is 0 Å². The van der Waals surface area contributed by atoms with Gasteiger partial charge in [-0.2, -0.15) is 9.78 Å². The van der Waals surface area contributed by atoms with Crippen LogP contribution in [0.3, 0.4) is 0 Å². The van der Waals surface area contributed by atoms with Crippen molar-refractivity contribution in [3.63, 3.8) is 0 Å². The molecule has 1 aromatic carbocycles. The van der Waals surface area contributed by atoms with E-state index in [1.165, 1.54) is 22.7 Å². The summed E-state index contributed by atoms with van der Waals surface area (Å²) in [6.45, 7) is 7.25. The van der Waals surface area contributed by atoms with Crippen LogP contribution in [0.1, 0.15) is 48.3 Å². The number of carbonyl (C=O) groups excluding carboxylic acids is 2. The molecule has 0 N–H and O–H groups in total. The number of Topliss-reactive ketones (excluding diaryl/α,β-unsaturated/α-hetero) is 1. The first-order valence-electron chi connectivity index (χ1n) is 9.48. The third-order valence-electron chi connectivity index (χ3n) is 5.38. The lowest BCUT2D eigenvalue weighted by molar-refractivity contribution is 0.0974. The molecule has 2 aromatic rings. The highest BCUT2D eigenvalue weighted by Gasteiger charge is 2.31. The predicted molar refractivity (Wildman–Crippen MR) is 105 cm³/mol. The number of amides is 1. The van der Waals surface area contributed by atoms with E-state index in [-0.39, 0.29) is 17.9 Å². The van der Waals surface area contributed by atoms with Gasteiger partial charge in [-0.15, -0.1) is 0 Å². The number of likely N-dealkylation sites (tertiary alicyclic amines) is 1. The van der Waals surface area contributed by atoms with Crippen molar-refractivity contribution < 1.29 is 9.59 Å². The highest BCUT2D eigenvalue weighted by molar-refractivity contribution is 5.92. The zero-order valence-electron chi connectivity index (χ0n) is 16.6. The molecule has 6 nitrogen and oxygen atoms in total. The second-order valence-electron chi connectivity index (χ2n) is 7.61. The molecular formula is C21H28N4O2. The van der Waals surface area contributed by atoms with E-state index in [1.807, 2.05) is 4.90 Å². The van der Waals surface area contributed by atoms with Gasteiger partial charge >= 0.3 is 6.03 Å². The van der Waals surface area contributed by atoms with Crippen molar-refractivity contribution in [3.8, 4) is 0 Å². The largest absolute Gasteiger partial charge is 0.344 e. The van der Waals surface area contributed by atoms with Gasteiger partial charge in [0.25, 0.3) is 0 Å². The van der Waals surface area contributed by atoms with Crippen molar-refractivity contribution >= 4 is 11.8 Å². The van der Waals surface area contributed by atoms with Gasteiger partial charge in [0.05, 0.1) is 0 Å². The number of piperidine rings is 1. The van der Waals surface area contributed by atoms with Gasteiger partial charge in [-0.1, -0.05) is 29.8 Å². The average Bonchev–Trinajstić information content (AvgIpc) is 3.11. The van der Waals surface area contributed by atoms with Crippen molar-refractivity contribution in [1.29, 1.82) is 0 Å². The molecule has 1 aliphatic rings. The first kappa shape index (κ1) is 19.3. The SMILES string of the molecule is CC(=O)c1ccn(C(=O)N2CC[C@H](N(C)Cc3cccc(C)c3)C[C@H]2C)n1. The lowest BCUT2D eigenvalue weighted by Gasteiger charge is -2.40. The second-order valence-corrected chi connectivity index (χ2v) is 7.61. The summed E-state index contributed by atoms with van der Waals surface area (Å²) in [6.07, 6.45) is 3.43. The Bertz CT molecular complexity index is 829. The van der Waals surface area contributed by atoms with Crippen molar-refractivity contribution in [2.24, 2.45) is 0 Å². The van der Waals surface area contributed by atoms with E-state index in [4.69, 9.17) is 0 Å². The molecule has 3 rings (SSSR count). The summed E-state index contributed by atoms with van der Waals surface area (Å²) in [5.74, 6) is -0.133. The van der Waals surface area contributed by atoms with Crippen LogP contribution < -0.4 is 0 Å². The van der Waals surface area contributed by atoms with Gasteiger partial charge in [-0.25, -0.2) is 4.79 Å². The van der Waals surface area contributed by atoms with E-state index in [0.29, 0.717) is 18.3 Å². The maximum Gasteiger partial charge on any atom is 0.344 e. The van der Waals surface area contributed by atoms with Crippen LogP contribution in [0.15, 0.2) is 36.5 Å². The third kappa shape index (κ3) is 4.45. The molecule has 0 aliphatic carbocycles. The summed E-state index contributed by atoms with van der Waals surface area (Å²) < 4.78 is 1.28. The van der Waals surface area contributed by atoms with Gasteiger partial charge in [0.15, 0.2) is 5.78 Å². The minimum atomic E-state index is -0.158. The predicted octanol–water partition coefficient (Wildman–Crippen LogP) is 3.35. The lowest BCUT2D eigenvalue weighted by Crippen LogP contribution is -2.51. The summed E-state index contributed by atoms with van der Waals surface area (Å²) in [5.41, 5.74) is 2.92. The van der Waals surface area contributed by atoms with Crippen LogP contribution in [-0.4, -0.2) is 57.1 Å². The molecule has 1 aliphatic heterocycles. The monoisotopic (exact) mass is 368 g/mol. The van der Waals surface area contributed by atoms with E-state index < -0.39 is 0 Å². The van der Waals surface area contributed by atoms with Crippen molar-refractivity contribution in [3.05, 3.63) is 53.3 Å². The Kier molecular flexibility index (Phi) is 5.75. The smallest absolute Gasteiger partial charge is 0.320 e. The molecule has 2 heterocycles. The molecule has 0 unspecified atom stereocenters. The topological polar surface area (TPSA) is 58.4 Å². The Morgan fingerprint density at radius 3 is 2.70 bits per heavy atom. The molecule has 2 atom stereocenters. The minimum Gasteiger partial charge on any atom is -0.320 e. The van der Waals surface area contributed by atoms with Crippen LogP contribution in [0.5, 0.6) is 0 Å². The highest BCUT2D eigenvalue weighted by atomic mass is 16.2. The molecule has 1 aromatic heterocycles. The van der Waals surface area contributed by atoms with Crippen molar-refractivity contribution in [2.75, 3.05) is 13.6 Å². The first-order chi connectivity index (χ1) is 12.8. The molecule has 1 amide bonds. The number of ketones is 1. The molecular weight excluding hydrogens is 340 g/mol. The third-order valence-corrected chi connectivity index (χ3v) is 5.38. The van der Waals surface area contributed by atoms with Crippen molar-refractivity contribution in [2.45, 2.75) is 52.2 Å². The summed E-state index contributed by atoms with van der Waals surface area (Å²) in [6, 6.07) is 10.6. The van der Waals surface area contributed by atoms with Gasteiger partial charge in [0, 0.05) is 38.3 Å². The average molecular weight is 368 g/mol. The molecule has 1 fully saturated rings. The number of hydrogen-bond acceptors (Lipinski definition) is 4. The second kappa shape index (κ2) is 8.05. The molecule has 0 radical (unpaired) electrons. The van der Waals surface area contributed by atoms with Gasteiger partial charge in [0.1, 0.15) is 5.69 Å². The van der Waals surface area contributed by atoms with Crippen LogP contribution in [0, 0.1) is 6.92 Å². The lowest BCUT2D eigenvalue weighted by atomic mass is 9.97. The molecule has 6 heteroatoms. The maximum absolute atomic E-state index is 12.8. The van der Waals surface area contributed by atoms with E-state index in [9.17, 15) is 9.59 Å². The Morgan fingerprint density at radius 1 is 1.30 bits per heavy atom. The van der Waals surface area contributed by atoms with Crippen LogP contribution in [0.4, 0.5) is 4.79 Å². The number of carbonyl (C=O) groups is 2. The number of aryl methyl sites for hydroxylation is 1. The van der Waals surface area contributed by atoms with Crippen LogP contribution in [-0.2, 0) is 6.54 Å². The number of rotatable bonds is 4. The van der Waals surface area contributed by atoms with Gasteiger partial charge < -0.3 is 4.90 Å². The van der Waals surface area contributed by atoms with Crippen molar-refractivity contribution in [1.82, 2.24) is 19.6 Å². The number of hydrogen-bond donors (Lipinski definition) is 0. The van der Waals surface area contributed by atoms with E-state index in [1.54, 1.807) is 12.3 Å². The number of benzene rings is 1. The quantitative estimate of drug-likeness (QED) is 0.777. The molecule has 1 saturated heterocycles. The fraction of sp³-hybridized carbons (Fsp3) is 0.476. The first-order valence-corrected chi connectivity index (χ1v) is 9.48. The summed E-state index contributed by atoms with van der Waals surface area (Å²) >= 11 is 0. The summed E-state index contributed by atoms with van der Waals surface area (Å²) in [5, 5.41) is 4.10. The Morgan fingerprint density at radius 2 is 2.07 bits per heavy atom. The minimum absolute atomic E-state index is 0.126. The van der Waals surface area contributed by atoms with Crippen LogP contribution in [0.25, 0.3) is 0 Å². The van der Waals surface area contributed by atoms with E-state index in [0.717, 1.165) is 19.4 Å². The number of aromatic nitrogens is 2.